The second-order valence-electron chi connectivity index (χ2n) is 5.36. The molecule has 0 aromatic heterocycles. The minimum absolute atomic E-state index is 0.0361. The van der Waals surface area contributed by atoms with Crippen molar-refractivity contribution in [3.63, 3.8) is 0 Å². The van der Waals surface area contributed by atoms with Gasteiger partial charge in [-0.1, -0.05) is 0 Å². The molecule has 0 unspecified atom stereocenters. The average Bonchev–Trinajstić information content (AvgIpc) is 2.39. The van der Waals surface area contributed by atoms with Gasteiger partial charge in [-0.05, 0) is 45.8 Å². The molecule has 0 atom stereocenters. The number of nitrogens with zero attached hydrogens (tertiary/aromatic N) is 2. The summed E-state index contributed by atoms with van der Waals surface area (Å²) in [6, 6.07) is 2.90. The summed E-state index contributed by atoms with van der Waals surface area (Å²) in [6.45, 7) is 2.87. The molecule has 120 valence electrons. The zero-order valence-electron chi connectivity index (χ0n) is 13.3. The van der Waals surface area contributed by atoms with Crippen LogP contribution in [0.3, 0.4) is 0 Å². The normalized spacial score (nSPS) is 12.4. The third-order valence-electron chi connectivity index (χ3n) is 3.29. The number of hydrogen-bond donors (Lipinski definition) is 1. The van der Waals surface area contributed by atoms with Crippen LogP contribution in [0.1, 0.15) is 11.1 Å². The van der Waals surface area contributed by atoms with Crippen molar-refractivity contribution < 1.29 is 12.8 Å². The Labute approximate surface area is 126 Å². The molecule has 0 saturated heterocycles. The Hall–Kier alpha value is -1.02. The van der Waals surface area contributed by atoms with Crippen molar-refractivity contribution in [1.29, 1.82) is 0 Å². The highest BCUT2D eigenvalue weighted by Crippen LogP contribution is 2.23. The molecule has 1 rings (SSSR count). The Morgan fingerprint density at radius 2 is 1.81 bits per heavy atom. The molecule has 1 N–H and O–H groups in total. The Kier molecular flexibility index (Phi) is 6.27. The number of hydrogen-bond acceptors (Lipinski definition) is 4. The maximum Gasteiger partial charge on any atom is 0.243 e. The van der Waals surface area contributed by atoms with Gasteiger partial charge in [-0.2, -0.15) is 4.31 Å². The third-order valence-corrected chi connectivity index (χ3v) is 5.27. The number of likely N-dealkylation sites (N-methyl/N-ethyl adjacent to an activating group) is 2. The molecular weight excluding hydrogens is 293 g/mol. The summed E-state index contributed by atoms with van der Waals surface area (Å²) >= 11 is 0. The Morgan fingerprint density at radius 1 is 1.19 bits per heavy atom. The molecule has 0 spiro atoms. The molecule has 0 radical (unpaired) electrons. The molecule has 5 nitrogen and oxygen atoms in total. The first kappa shape index (κ1) is 18.0. The monoisotopic (exact) mass is 317 g/mol. The first-order chi connectivity index (χ1) is 9.70. The lowest BCUT2D eigenvalue weighted by molar-refractivity contribution is 0.358. The van der Waals surface area contributed by atoms with Crippen LogP contribution < -0.4 is 5.32 Å². The number of nitrogens with one attached hydrogen (secondary N) is 1. The SMILES string of the molecule is CNCc1cc(F)c(C)c(S(=O)(=O)N(C)CCN(C)C)c1. The van der Waals surface area contributed by atoms with Gasteiger partial charge in [0, 0.05) is 32.2 Å². The van der Waals surface area contributed by atoms with Gasteiger partial charge in [-0.15, -0.1) is 0 Å². The number of halogens is 1. The first-order valence-corrected chi connectivity index (χ1v) is 8.18. The van der Waals surface area contributed by atoms with E-state index in [2.05, 4.69) is 5.32 Å². The predicted octanol–water partition coefficient (Wildman–Crippen LogP) is 1.04. The van der Waals surface area contributed by atoms with Crippen LogP contribution in [-0.2, 0) is 16.6 Å². The fourth-order valence-electron chi connectivity index (χ4n) is 1.91. The highest BCUT2D eigenvalue weighted by Gasteiger charge is 2.24. The topological polar surface area (TPSA) is 52.7 Å². The van der Waals surface area contributed by atoms with Gasteiger partial charge < -0.3 is 10.2 Å². The van der Waals surface area contributed by atoms with Gasteiger partial charge in [0.15, 0.2) is 0 Å². The van der Waals surface area contributed by atoms with E-state index in [0.29, 0.717) is 25.2 Å². The van der Waals surface area contributed by atoms with Gasteiger partial charge in [-0.25, -0.2) is 12.8 Å². The molecule has 21 heavy (non-hydrogen) atoms. The van der Waals surface area contributed by atoms with Gasteiger partial charge in [-0.3, -0.25) is 0 Å². The summed E-state index contributed by atoms with van der Waals surface area (Å²) in [5, 5.41) is 2.90. The maximum atomic E-state index is 14.0. The quantitative estimate of drug-likeness (QED) is 0.816. The largest absolute Gasteiger partial charge is 0.316 e. The third kappa shape index (κ3) is 4.47. The van der Waals surface area contributed by atoms with E-state index >= 15 is 0 Å². The lowest BCUT2D eigenvalue weighted by atomic mass is 10.1. The number of rotatable bonds is 7. The second-order valence-corrected chi connectivity index (χ2v) is 7.37. The molecule has 0 aliphatic heterocycles. The van der Waals surface area contributed by atoms with E-state index in [1.165, 1.54) is 30.4 Å². The highest BCUT2D eigenvalue weighted by molar-refractivity contribution is 7.89. The van der Waals surface area contributed by atoms with Crippen LogP contribution in [0.2, 0.25) is 0 Å². The van der Waals surface area contributed by atoms with Crippen LogP contribution >= 0.6 is 0 Å². The molecule has 0 bridgehead atoms. The molecule has 0 fully saturated rings. The summed E-state index contributed by atoms with van der Waals surface area (Å²) in [5.74, 6) is -0.498. The van der Waals surface area contributed by atoms with Crippen molar-refractivity contribution in [2.75, 3.05) is 41.3 Å². The van der Waals surface area contributed by atoms with Crippen LogP contribution in [0.25, 0.3) is 0 Å². The number of benzene rings is 1. The van der Waals surface area contributed by atoms with Crippen molar-refractivity contribution in [2.45, 2.75) is 18.4 Å². The standard InChI is InChI=1S/C14H24FN3O2S/c1-11-13(15)8-12(10-16-2)9-14(11)21(19,20)18(5)7-6-17(3)4/h8-9,16H,6-7,10H2,1-5H3. The van der Waals surface area contributed by atoms with E-state index in [9.17, 15) is 12.8 Å². The fraction of sp³-hybridized carbons (Fsp3) is 0.571. The zero-order chi connectivity index (χ0) is 16.2. The van der Waals surface area contributed by atoms with E-state index in [0.717, 1.165) is 0 Å². The first-order valence-electron chi connectivity index (χ1n) is 6.74. The fourth-order valence-corrected chi connectivity index (χ4v) is 3.35. The molecule has 0 saturated carbocycles. The summed E-state index contributed by atoms with van der Waals surface area (Å²) in [6.07, 6.45) is 0. The van der Waals surface area contributed by atoms with Crippen molar-refractivity contribution in [2.24, 2.45) is 0 Å². The Bertz CT molecular complexity index is 588. The van der Waals surface area contributed by atoms with Crippen molar-refractivity contribution >= 4 is 10.0 Å². The molecule has 0 aliphatic carbocycles. The van der Waals surface area contributed by atoms with Gasteiger partial charge >= 0.3 is 0 Å². The van der Waals surface area contributed by atoms with Crippen LogP contribution in [0.15, 0.2) is 17.0 Å². The molecule has 0 aliphatic rings. The van der Waals surface area contributed by atoms with Crippen molar-refractivity contribution in [1.82, 2.24) is 14.5 Å². The van der Waals surface area contributed by atoms with Crippen molar-refractivity contribution in [3.8, 4) is 0 Å². The maximum absolute atomic E-state index is 14.0. The average molecular weight is 317 g/mol. The molecule has 1 aromatic carbocycles. The lowest BCUT2D eigenvalue weighted by Crippen LogP contribution is -2.34. The Morgan fingerprint density at radius 3 is 2.33 bits per heavy atom. The summed E-state index contributed by atoms with van der Waals surface area (Å²) in [4.78, 5) is 1.94. The number of sulfonamides is 1. The van der Waals surface area contributed by atoms with Crippen LogP contribution in [0.5, 0.6) is 0 Å². The summed E-state index contributed by atoms with van der Waals surface area (Å²) < 4.78 is 40.4. The van der Waals surface area contributed by atoms with Gasteiger partial charge in [0.2, 0.25) is 10.0 Å². The smallest absolute Gasteiger partial charge is 0.243 e. The second kappa shape index (κ2) is 7.31. The molecular formula is C14H24FN3O2S. The zero-order valence-corrected chi connectivity index (χ0v) is 14.1. The van der Waals surface area contributed by atoms with Gasteiger partial charge in [0.1, 0.15) is 5.82 Å². The highest BCUT2D eigenvalue weighted by atomic mass is 32.2. The van der Waals surface area contributed by atoms with E-state index < -0.39 is 15.8 Å². The molecule has 0 heterocycles. The Balaban J connectivity index is 3.17. The molecule has 7 heteroatoms. The molecule has 0 amide bonds. The lowest BCUT2D eigenvalue weighted by Gasteiger charge is -2.21. The minimum Gasteiger partial charge on any atom is -0.316 e. The van der Waals surface area contributed by atoms with Crippen LogP contribution in [0, 0.1) is 12.7 Å². The van der Waals surface area contributed by atoms with Gasteiger partial charge in [0.05, 0.1) is 4.90 Å². The van der Waals surface area contributed by atoms with E-state index in [1.54, 1.807) is 7.05 Å². The summed E-state index contributed by atoms with van der Waals surface area (Å²) in [5.41, 5.74) is 0.770. The van der Waals surface area contributed by atoms with Crippen LogP contribution in [-0.4, -0.2) is 58.9 Å². The molecule has 1 aromatic rings. The van der Waals surface area contributed by atoms with E-state index in [1.807, 2.05) is 19.0 Å². The van der Waals surface area contributed by atoms with E-state index in [-0.39, 0.29) is 10.5 Å². The summed E-state index contributed by atoms with van der Waals surface area (Å²) in [7, 11) is 3.30. The predicted molar refractivity (Wildman–Crippen MR) is 82.3 cm³/mol. The minimum atomic E-state index is -3.69. The van der Waals surface area contributed by atoms with Crippen molar-refractivity contribution in [3.05, 3.63) is 29.1 Å². The van der Waals surface area contributed by atoms with Crippen LogP contribution in [0.4, 0.5) is 4.39 Å². The van der Waals surface area contributed by atoms with Gasteiger partial charge in [0.25, 0.3) is 0 Å². The van der Waals surface area contributed by atoms with E-state index in [4.69, 9.17) is 0 Å².